The van der Waals surface area contributed by atoms with Gasteiger partial charge in [0.1, 0.15) is 18.5 Å². The molecule has 0 spiro atoms. The van der Waals surface area contributed by atoms with E-state index in [4.69, 9.17) is 9.47 Å². The van der Waals surface area contributed by atoms with Crippen LogP contribution in [0.5, 0.6) is 5.88 Å². The number of nitrogens with zero attached hydrogens (tertiary/aromatic N) is 2. The Hall–Kier alpha value is -1.36. The third kappa shape index (κ3) is 4.84. The second-order valence-electron chi connectivity index (χ2n) is 6.05. The van der Waals surface area contributed by atoms with E-state index in [-0.39, 0.29) is 6.10 Å². The largest absolute Gasteiger partial charge is 0.474 e. The number of rotatable bonds is 6. The lowest BCUT2D eigenvalue weighted by Gasteiger charge is -2.31. The molecule has 0 aliphatic heterocycles. The summed E-state index contributed by atoms with van der Waals surface area (Å²) in [6.07, 6.45) is 3.75. The Labute approximate surface area is 127 Å². The number of hydrogen-bond acceptors (Lipinski definition) is 5. The van der Waals surface area contributed by atoms with Crippen LogP contribution in [0.1, 0.15) is 45.9 Å². The summed E-state index contributed by atoms with van der Waals surface area (Å²) in [7, 11) is 1.85. The maximum Gasteiger partial charge on any atom is 0.219 e. The summed E-state index contributed by atoms with van der Waals surface area (Å²) in [4.78, 5) is 8.85. The summed E-state index contributed by atoms with van der Waals surface area (Å²) in [6, 6.07) is 1.86. The molecule has 1 fully saturated rings. The van der Waals surface area contributed by atoms with Crippen LogP contribution in [-0.2, 0) is 11.3 Å². The van der Waals surface area contributed by atoms with Crippen molar-refractivity contribution in [1.29, 1.82) is 0 Å². The van der Waals surface area contributed by atoms with Crippen molar-refractivity contribution in [3.63, 3.8) is 0 Å². The number of ether oxygens (including phenoxy) is 2. The van der Waals surface area contributed by atoms with E-state index >= 15 is 0 Å². The molecule has 0 aromatic carbocycles. The summed E-state index contributed by atoms with van der Waals surface area (Å²) < 4.78 is 11.5. The molecule has 0 saturated heterocycles. The van der Waals surface area contributed by atoms with Gasteiger partial charge in [-0.05, 0) is 38.0 Å². The lowest BCUT2D eigenvalue weighted by Crippen LogP contribution is -2.29. The van der Waals surface area contributed by atoms with E-state index in [1.165, 1.54) is 6.42 Å². The monoisotopic (exact) mass is 293 g/mol. The van der Waals surface area contributed by atoms with Crippen LogP contribution >= 0.6 is 0 Å². The van der Waals surface area contributed by atoms with Gasteiger partial charge in [-0.3, -0.25) is 0 Å². The quantitative estimate of drug-likeness (QED) is 0.872. The summed E-state index contributed by atoms with van der Waals surface area (Å²) >= 11 is 0. The molecular formula is C16H27N3O2. The maximum atomic E-state index is 6.11. The highest BCUT2D eigenvalue weighted by molar-refractivity contribution is 5.37. The second-order valence-corrected chi connectivity index (χ2v) is 6.05. The molecule has 0 amide bonds. The smallest absolute Gasteiger partial charge is 0.219 e. The van der Waals surface area contributed by atoms with Gasteiger partial charge in [0.05, 0.1) is 0 Å². The van der Waals surface area contributed by atoms with E-state index in [2.05, 4.69) is 29.1 Å². The Balaban J connectivity index is 2.07. The lowest BCUT2D eigenvalue weighted by molar-refractivity contribution is 0.0941. The predicted molar refractivity (Wildman–Crippen MR) is 83.5 cm³/mol. The number of nitrogens with one attached hydrogen (secondary N) is 1. The van der Waals surface area contributed by atoms with E-state index in [0.29, 0.717) is 36.8 Å². The van der Waals surface area contributed by atoms with Gasteiger partial charge in [0.2, 0.25) is 5.88 Å². The van der Waals surface area contributed by atoms with Gasteiger partial charge in [-0.25, -0.2) is 4.98 Å². The Morgan fingerprint density at radius 2 is 1.90 bits per heavy atom. The predicted octanol–water partition coefficient (Wildman–Crippen LogP) is 3.26. The maximum absolute atomic E-state index is 6.11. The van der Waals surface area contributed by atoms with Gasteiger partial charge in [0.25, 0.3) is 0 Å². The fourth-order valence-corrected chi connectivity index (χ4v) is 3.06. The number of hydrogen-bond donors (Lipinski definition) is 1. The molecule has 5 heteroatoms. The van der Waals surface area contributed by atoms with Crippen LogP contribution in [0.3, 0.4) is 0 Å². The lowest BCUT2D eigenvalue weighted by atomic mass is 9.82. The highest BCUT2D eigenvalue weighted by Gasteiger charge is 2.25. The molecule has 1 N–H and O–H groups in total. The van der Waals surface area contributed by atoms with Gasteiger partial charge in [-0.1, -0.05) is 13.8 Å². The number of anilines is 1. The topological polar surface area (TPSA) is 56.3 Å². The van der Waals surface area contributed by atoms with Crippen molar-refractivity contribution < 1.29 is 9.47 Å². The minimum atomic E-state index is 0.253. The molecule has 118 valence electrons. The van der Waals surface area contributed by atoms with Crippen molar-refractivity contribution in [2.45, 2.75) is 52.7 Å². The zero-order chi connectivity index (χ0) is 15.2. The SMILES string of the molecule is CCOCc1nc(NC)cc(OC2CC(C)CC(C)C2)n1. The molecule has 1 aromatic heterocycles. The van der Waals surface area contributed by atoms with Crippen molar-refractivity contribution in [2.75, 3.05) is 19.0 Å². The number of aromatic nitrogens is 2. The summed E-state index contributed by atoms with van der Waals surface area (Å²) in [5.74, 6) is 3.51. The van der Waals surface area contributed by atoms with Crippen LogP contribution in [0.15, 0.2) is 6.07 Å². The molecule has 0 radical (unpaired) electrons. The van der Waals surface area contributed by atoms with Crippen LogP contribution in [0.4, 0.5) is 5.82 Å². The van der Waals surface area contributed by atoms with Crippen LogP contribution in [0, 0.1) is 11.8 Å². The molecule has 2 unspecified atom stereocenters. The first-order valence-electron chi connectivity index (χ1n) is 7.90. The first kappa shape index (κ1) is 16.0. The van der Waals surface area contributed by atoms with Gasteiger partial charge in [0.15, 0.2) is 5.82 Å². The van der Waals surface area contributed by atoms with Gasteiger partial charge in [-0.15, -0.1) is 0 Å². The first-order valence-corrected chi connectivity index (χ1v) is 7.90. The Bertz CT molecular complexity index is 443. The molecular weight excluding hydrogens is 266 g/mol. The minimum absolute atomic E-state index is 0.253. The summed E-state index contributed by atoms with van der Waals surface area (Å²) in [6.45, 7) is 7.63. The molecule has 1 heterocycles. The van der Waals surface area contributed by atoms with Crippen molar-refractivity contribution in [2.24, 2.45) is 11.8 Å². The fourth-order valence-electron chi connectivity index (χ4n) is 3.06. The standard InChI is InChI=1S/C16H27N3O2/c1-5-20-10-15-18-14(17-4)9-16(19-15)21-13-7-11(2)6-12(3)8-13/h9,11-13H,5-8,10H2,1-4H3,(H,17,18,19). The Kier molecular flexibility index (Phi) is 5.79. The zero-order valence-corrected chi connectivity index (χ0v) is 13.6. The zero-order valence-electron chi connectivity index (χ0n) is 13.6. The molecule has 1 aliphatic rings. The minimum Gasteiger partial charge on any atom is -0.474 e. The Morgan fingerprint density at radius 3 is 2.52 bits per heavy atom. The van der Waals surface area contributed by atoms with Crippen LogP contribution in [0.2, 0.25) is 0 Å². The van der Waals surface area contributed by atoms with E-state index in [9.17, 15) is 0 Å². The van der Waals surface area contributed by atoms with E-state index in [0.717, 1.165) is 18.7 Å². The van der Waals surface area contributed by atoms with E-state index in [1.54, 1.807) is 0 Å². The average Bonchev–Trinajstić information content (AvgIpc) is 2.43. The molecule has 1 aliphatic carbocycles. The third-order valence-electron chi connectivity index (χ3n) is 3.86. The van der Waals surface area contributed by atoms with Crippen molar-refractivity contribution in [1.82, 2.24) is 9.97 Å². The third-order valence-corrected chi connectivity index (χ3v) is 3.86. The van der Waals surface area contributed by atoms with E-state index < -0.39 is 0 Å². The van der Waals surface area contributed by atoms with E-state index in [1.807, 2.05) is 20.0 Å². The van der Waals surface area contributed by atoms with Crippen LogP contribution in [-0.4, -0.2) is 29.7 Å². The summed E-state index contributed by atoms with van der Waals surface area (Å²) in [5, 5.41) is 3.05. The molecule has 1 aromatic rings. The highest BCUT2D eigenvalue weighted by atomic mass is 16.5. The molecule has 2 atom stereocenters. The molecule has 0 bridgehead atoms. The fraction of sp³-hybridized carbons (Fsp3) is 0.750. The molecule has 21 heavy (non-hydrogen) atoms. The first-order chi connectivity index (χ1) is 10.1. The van der Waals surface area contributed by atoms with Gasteiger partial charge in [0, 0.05) is 19.7 Å². The average molecular weight is 293 g/mol. The van der Waals surface area contributed by atoms with Crippen molar-refractivity contribution in [3.8, 4) is 5.88 Å². The van der Waals surface area contributed by atoms with Crippen molar-refractivity contribution >= 4 is 5.82 Å². The van der Waals surface area contributed by atoms with Crippen LogP contribution < -0.4 is 10.1 Å². The van der Waals surface area contributed by atoms with Crippen molar-refractivity contribution in [3.05, 3.63) is 11.9 Å². The van der Waals surface area contributed by atoms with Gasteiger partial charge < -0.3 is 14.8 Å². The van der Waals surface area contributed by atoms with Gasteiger partial charge >= 0.3 is 0 Å². The molecule has 5 nitrogen and oxygen atoms in total. The normalized spacial score (nSPS) is 25.6. The Morgan fingerprint density at radius 1 is 1.19 bits per heavy atom. The second kappa shape index (κ2) is 7.59. The molecule has 2 rings (SSSR count). The van der Waals surface area contributed by atoms with Gasteiger partial charge in [-0.2, -0.15) is 4.98 Å². The molecule has 1 saturated carbocycles. The highest BCUT2D eigenvalue weighted by Crippen LogP contribution is 2.31. The van der Waals surface area contributed by atoms with Crippen LogP contribution in [0.25, 0.3) is 0 Å². The summed E-state index contributed by atoms with van der Waals surface area (Å²) in [5.41, 5.74) is 0.